The van der Waals surface area contributed by atoms with E-state index in [9.17, 15) is 9.59 Å². The molecular formula is C16H15N5O2S2. The summed E-state index contributed by atoms with van der Waals surface area (Å²) in [4.78, 5) is 30.9. The third-order valence-corrected chi connectivity index (χ3v) is 5.03. The highest BCUT2D eigenvalue weighted by Gasteiger charge is 2.18. The zero-order valence-electron chi connectivity index (χ0n) is 13.5. The molecule has 1 aromatic carbocycles. The SMILES string of the molecule is Cc1nnc(S[C@@H](C)C(=O)Nc2nc(-c3ccccc3)cs2)[nH]c1=O. The first kappa shape index (κ1) is 17.3. The number of aryl methyl sites for hydroxylation is 1. The van der Waals surface area contributed by atoms with Crippen LogP contribution in [-0.4, -0.2) is 31.3 Å². The second-order valence-electron chi connectivity index (χ2n) is 5.20. The van der Waals surface area contributed by atoms with Gasteiger partial charge in [-0.2, -0.15) is 0 Å². The van der Waals surface area contributed by atoms with Crippen LogP contribution in [0.4, 0.5) is 5.13 Å². The number of carbonyl (C=O) groups excluding carboxylic acids is 1. The third kappa shape index (κ3) is 4.31. The maximum absolute atomic E-state index is 12.3. The highest BCUT2D eigenvalue weighted by molar-refractivity contribution is 8.00. The van der Waals surface area contributed by atoms with Crippen LogP contribution >= 0.6 is 23.1 Å². The van der Waals surface area contributed by atoms with Gasteiger partial charge in [-0.1, -0.05) is 42.1 Å². The van der Waals surface area contributed by atoms with E-state index in [0.29, 0.717) is 10.3 Å². The van der Waals surface area contributed by atoms with Crippen molar-refractivity contribution in [2.24, 2.45) is 0 Å². The van der Waals surface area contributed by atoms with Gasteiger partial charge in [0.2, 0.25) is 5.91 Å². The highest BCUT2D eigenvalue weighted by atomic mass is 32.2. The fourth-order valence-corrected chi connectivity index (χ4v) is 3.40. The molecule has 0 unspecified atom stereocenters. The number of aromatic nitrogens is 4. The summed E-state index contributed by atoms with van der Waals surface area (Å²) >= 11 is 2.50. The first-order chi connectivity index (χ1) is 12.0. The van der Waals surface area contributed by atoms with Gasteiger partial charge in [-0.3, -0.25) is 14.6 Å². The standard InChI is InChI=1S/C16H15N5O2S2/c1-9-13(22)18-16(21-20-9)25-10(2)14(23)19-15-17-12(8-24-15)11-6-4-3-5-7-11/h3-8,10H,1-2H3,(H,17,19,23)(H,18,21,22)/t10-/m0/s1. The maximum atomic E-state index is 12.3. The van der Waals surface area contributed by atoms with E-state index in [-0.39, 0.29) is 17.2 Å². The number of anilines is 1. The van der Waals surface area contributed by atoms with Crippen molar-refractivity contribution in [3.8, 4) is 11.3 Å². The molecule has 2 aromatic heterocycles. The Hall–Kier alpha value is -2.52. The molecule has 0 fully saturated rings. The Balaban J connectivity index is 1.64. The number of nitrogens with one attached hydrogen (secondary N) is 2. The maximum Gasteiger partial charge on any atom is 0.273 e. The molecule has 0 saturated heterocycles. The third-order valence-electron chi connectivity index (χ3n) is 3.30. The van der Waals surface area contributed by atoms with Gasteiger partial charge in [-0.25, -0.2) is 4.98 Å². The van der Waals surface area contributed by atoms with E-state index in [1.807, 2.05) is 35.7 Å². The summed E-state index contributed by atoms with van der Waals surface area (Å²) in [7, 11) is 0. The smallest absolute Gasteiger partial charge is 0.273 e. The van der Waals surface area contributed by atoms with Gasteiger partial charge in [-0.05, 0) is 13.8 Å². The molecule has 0 aliphatic carbocycles. The number of hydrogen-bond donors (Lipinski definition) is 2. The van der Waals surface area contributed by atoms with E-state index in [1.165, 1.54) is 11.3 Å². The number of thiazole rings is 1. The summed E-state index contributed by atoms with van der Waals surface area (Å²) in [6.45, 7) is 3.30. The minimum absolute atomic E-state index is 0.220. The zero-order valence-corrected chi connectivity index (χ0v) is 15.1. The van der Waals surface area contributed by atoms with Crippen molar-refractivity contribution in [2.45, 2.75) is 24.3 Å². The average Bonchev–Trinajstić information content (AvgIpc) is 3.07. The van der Waals surface area contributed by atoms with Gasteiger partial charge in [-0.15, -0.1) is 21.5 Å². The van der Waals surface area contributed by atoms with Crippen LogP contribution in [0.15, 0.2) is 45.7 Å². The largest absolute Gasteiger partial charge is 0.301 e. The molecule has 1 amide bonds. The number of aromatic amines is 1. The van der Waals surface area contributed by atoms with Gasteiger partial charge >= 0.3 is 0 Å². The number of rotatable bonds is 5. The van der Waals surface area contributed by atoms with Gasteiger partial charge in [0.25, 0.3) is 5.56 Å². The second kappa shape index (κ2) is 7.58. The molecule has 0 bridgehead atoms. The van der Waals surface area contributed by atoms with Crippen LogP contribution in [0.25, 0.3) is 11.3 Å². The Morgan fingerprint density at radius 1 is 1.28 bits per heavy atom. The molecule has 0 aliphatic rings. The molecule has 128 valence electrons. The fraction of sp³-hybridized carbons (Fsp3) is 0.188. The zero-order chi connectivity index (χ0) is 17.8. The van der Waals surface area contributed by atoms with Crippen molar-refractivity contribution in [3.05, 3.63) is 51.8 Å². The Kier molecular flexibility index (Phi) is 5.25. The minimum atomic E-state index is -0.461. The van der Waals surface area contributed by atoms with Gasteiger partial charge < -0.3 is 5.32 Å². The van der Waals surface area contributed by atoms with Crippen LogP contribution in [0.1, 0.15) is 12.6 Å². The normalized spacial score (nSPS) is 11.9. The first-order valence-electron chi connectivity index (χ1n) is 7.45. The lowest BCUT2D eigenvalue weighted by atomic mass is 10.2. The molecule has 2 N–H and O–H groups in total. The molecule has 1 atom stereocenters. The van der Waals surface area contributed by atoms with Gasteiger partial charge in [0.15, 0.2) is 10.3 Å². The first-order valence-corrected chi connectivity index (χ1v) is 9.21. The van der Waals surface area contributed by atoms with Crippen LogP contribution in [0.5, 0.6) is 0 Å². The lowest BCUT2D eigenvalue weighted by Crippen LogP contribution is -2.23. The van der Waals surface area contributed by atoms with Crippen LogP contribution in [-0.2, 0) is 4.79 Å². The molecule has 7 nitrogen and oxygen atoms in total. The summed E-state index contributed by atoms with van der Waals surface area (Å²) in [5.41, 5.74) is 1.79. The summed E-state index contributed by atoms with van der Waals surface area (Å²) in [5.74, 6) is -0.220. The summed E-state index contributed by atoms with van der Waals surface area (Å²) in [6.07, 6.45) is 0. The summed E-state index contributed by atoms with van der Waals surface area (Å²) < 4.78 is 0. The highest BCUT2D eigenvalue weighted by Crippen LogP contribution is 2.26. The van der Waals surface area contributed by atoms with Gasteiger partial charge in [0.05, 0.1) is 10.9 Å². The fourth-order valence-electron chi connectivity index (χ4n) is 1.93. The van der Waals surface area contributed by atoms with Crippen LogP contribution in [0.3, 0.4) is 0 Å². The lowest BCUT2D eigenvalue weighted by Gasteiger charge is -2.09. The number of amides is 1. The lowest BCUT2D eigenvalue weighted by molar-refractivity contribution is -0.115. The van der Waals surface area contributed by atoms with Crippen LogP contribution < -0.4 is 10.9 Å². The molecule has 3 aromatic rings. The molecule has 2 heterocycles. The Labute approximate surface area is 151 Å². The predicted molar refractivity (Wildman–Crippen MR) is 98.9 cm³/mol. The molecule has 0 aliphatic heterocycles. The van der Waals surface area contributed by atoms with E-state index in [1.54, 1.807) is 13.8 Å². The summed E-state index contributed by atoms with van der Waals surface area (Å²) in [5, 5.41) is 12.7. The van der Waals surface area contributed by atoms with E-state index in [0.717, 1.165) is 23.0 Å². The topological polar surface area (TPSA) is 101 Å². The quantitative estimate of drug-likeness (QED) is 0.667. The van der Waals surface area contributed by atoms with Crippen LogP contribution in [0.2, 0.25) is 0 Å². The Morgan fingerprint density at radius 3 is 2.76 bits per heavy atom. The molecule has 0 spiro atoms. The number of benzene rings is 1. The van der Waals surface area contributed by atoms with Crippen molar-refractivity contribution in [3.63, 3.8) is 0 Å². The van der Waals surface area contributed by atoms with E-state index in [4.69, 9.17) is 0 Å². The van der Waals surface area contributed by atoms with E-state index in [2.05, 4.69) is 25.5 Å². The van der Waals surface area contributed by atoms with Crippen molar-refractivity contribution in [2.75, 3.05) is 5.32 Å². The average molecular weight is 373 g/mol. The second-order valence-corrected chi connectivity index (χ2v) is 7.39. The number of hydrogen-bond acceptors (Lipinski definition) is 7. The summed E-state index contributed by atoms with van der Waals surface area (Å²) in [6, 6.07) is 9.75. The van der Waals surface area contributed by atoms with E-state index >= 15 is 0 Å². The van der Waals surface area contributed by atoms with Crippen molar-refractivity contribution < 1.29 is 4.79 Å². The van der Waals surface area contributed by atoms with Crippen molar-refractivity contribution >= 4 is 34.1 Å². The molecule has 0 radical (unpaired) electrons. The van der Waals surface area contributed by atoms with Crippen molar-refractivity contribution in [1.82, 2.24) is 20.2 Å². The Bertz CT molecular complexity index is 939. The molecule has 0 saturated carbocycles. The Morgan fingerprint density at radius 2 is 2.04 bits per heavy atom. The molecule has 9 heteroatoms. The molecule has 3 rings (SSSR count). The van der Waals surface area contributed by atoms with Crippen LogP contribution in [0, 0.1) is 6.92 Å². The number of H-pyrrole nitrogens is 1. The van der Waals surface area contributed by atoms with Gasteiger partial charge in [0.1, 0.15) is 5.69 Å². The van der Waals surface area contributed by atoms with E-state index < -0.39 is 5.25 Å². The number of thioether (sulfide) groups is 1. The monoisotopic (exact) mass is 373 g/mol. The molecule has 25 heavy (non-hydrogen) atoms. The predicted octanol–water partition coefficient (Wildman–Crippen LogP) is 2.72. The molecular weight excluding hydrogens is 358 g/mol. The minimum Gasteiger partial charge on any atom is -0.301 e. The van der Waals surface area contributed by atoms with Crippen molar-refractivity contribution in [1.29, 1.82) is 0 Å². The van der Waals surface area contributed by atoms with Gasteiger partial charge in [0, 0.05) is 10.9 Å². The number of carbonyl (C=O) groups is 1. The number of nitrogens with zero attached hydrogens (tertiary/aromatic N) is 3.